The average molecular weight is 295 g/mol. The molecule has 0 aliphatic heterocycles. The van der Waals surface area contributed by atoms with Gasteiger partial charge < -0.3 is 16.0 Å². The Balaban J connectivity index is 2.79. The first-order chi connectivity index (χ1) is 9.83. The van der Waals surface area contributed by atoms with Crippen LogP contribution in [0.5, 0.6) is 0 Å². The number of pyridine rings is 1. The second-order valence-corrected chi connectivity index (χ2v) is 5.11. The second kappa shape index (κ2) is 7.41. The van der Waals surface area contributed by atoms with Crippen LogP contribution in [0.4, 0.5) is 17.3 Å². The SMILES string of the molecule is CNc1cc([N+](=O)[O-])cc(NC(C)C(=O)NCC(C)C)n1. The predicted molar refractivity (Wildman–Crippen MR) is 81.4 cm³/mol. The molecule has 21 heavy (non-hydrogen) atoms. The lowest BCUT2D eigenvalue weighted by Crippen LogP contribution is -2.39. The Kier molecular flexibility index (Phi) is 5.89. The van der Waals surface area contributed by atoms with Crippen molar-refractivity contribution < 1.29 is 9.72 Å². The van der Waals surface area contributed by atoms with E-state index in [-0.39, 0.29) is 17.4 Å². The molecule has 0 aliphatic carbocycles. The van der Waals surface area contributed by atoms with E-state index in [1.165, 1.54) is 12.1 Å². The first kappa shape index (κ1) is 16.7. The Morgan fingerprint density at radius 2 is 1.95 bits per heavy atom. The molecule has 0 aliphatic rings. The number of hydrogen-bond acceptors (Lipinski definition) is 6. The summed E-state index contributed by atoms with van der Waals surface area (Å²) in [7, 11) is 1.62. The molecule has 8 nitrogen and oxygen atoms in total. The molecule has 0 saturated carbocycles. The van der Waals surface area contributed by atoms with Crippen molar-refractivity contribution in [3.8, 4) is 0 Å². The second-order valence-electron chi connectivity index (χ2n) is 5.11. The number of nitrogens with zero attached hydrogens (tertiary/aromatic N) is 2. The fraction of sp³-hybridized carbons (Fsp3) is 0.538. The molecule has 1 amide bonds. The minimum atomic E-state index is -0.539. The molecule has 1 aromatic heterocycles. The monoisotopic (exact) mass is 295 g/mol. The molecular formula is C13H21N5O3. The molecule has 0 radical (unpaired) electrons. The summed E-state index contributed by atoms with van der Waals surface area (Å²) >= 11 is 0. The summed E-state index contributed by atoms with van der Waals surface area (Å²) in [4.78, 5) is 26.4. The van der Waals surface area contributed by atoms with Gasteiger partial charge in [-0.1, -0.05) is 13.8 Å². The summed E-state index contributed by atoms with van der Waals surface area (Å²) in [5.74, 6) is 0.818. The van der Waals surface area contributed by atoms with Gasteiger partial charge in [0.2, 0.25) is 5.91 Å². The quantitative estimate of drug-likeness (QED) is 0.521. The van der Waals surface area contributed by atoms with Crippen molar-refractivity contribution in [2.75, 3.05) is 24.2 Å². The number of nitro groups is 1. The van der Waals surface area contributed by atoms with Gasteiger partial charge >= 0.3 is 0 Å². The smallest absolute Gasteiger partial charge is 0.276 e. The Morgan fingerprint density at radius 1 is 1.33 bits per heavy atom. The van der Waals surface area contributed by atoms with E-state index in [0.29, 0.717) is 18.3 Å². The topological polar surface area (TPSA) is 109 Å². The largest absolute Gasteiger partial charge is 0.373 e. The molecule has 1 unspecified atom stereocenters. The maximum absolute atomic E-state index is 11.9. The maximum atomic E-state index is 11.9. The molecule has 3 N–H and O–H groups in total. The van der Waals surface area contributed by atoms with Gasteiger partial charge in [0.1, 0.15) is 17.7 Å². The molecule has 1 atom stereocenters. The Labute approximate surface area is 123 Å². The van der Waals surface area contributed by atoms with E-state index in [9.17, 15) is 14.9 Å². The summed E-state index contributed by atoms with van der Waals surface area (Å²) in [5.41, 5.74) is -0.0911. The van der Waals surface area contributed by atoms with Crippen LogP contribution in [-0.4, -0.2) is 35.4 Å². The van der Waals surface area contributed by atoms with Crippen molar-refractivity contribution in [2.24, 2.45) is 5.92 Å². The van der Waals surface area contributed by atoms with Crippen LogP contribution < -0.4 is 16.0 Å². The normalized spacial score (nSPS) is 11.9. The van der Waals surface area contributed by atoms with Crippen molar-refractivity contribution in [3.63, 3.8) is 0 Å². The number of rotatable bonds is 7. The third kappa shape index (κ3) is 5.25. The zero-order chi connectivity index (χ0) is 16.0. The van der Waals surface area contributed by atoms with Crippen LogP contribution in [-0.2, 0) is 4.79 Å². The fourth-order valence-electron chi connectivity index (χ4n) is 1.57. The van der Waals surface area contributed by atoms with Gasteiger partial charge in [-0.05, 0) is 12.8 Å². The van der Waals surface area contributed by atoms with E-state index in [2.05, 4.69) is 20.9 Å². The van der Waals surface area contributed by atoms with Gasteiger partial charge in [0, 0.05) is 13.6 Å². The molecule has 1 heterocycles. The molecule has 1 rings (SSSR count). The molecule has 0 saturated heterocycles. The molecule has 116 valence electrons. The number of anilines is 2. The molecule has 0 aromatic carbocycles. The van der Waals surface area contributed by atoms with E-state index >= 15 is 0 Å². The van der Waals surface area contributed by atoms with Crippen molar-refractivity contribution in [3.05, 3.63) is 22.2 Å². The zero-order valence-electron chi connectivity index (χ0n) is 12.6. The van der Waals surface area contributed by atoms with Crippen LogP contribution in [0.2, 0.25) is 0 Å². The number of carbonyl (C=O) groups is 1. The number of amides is 1. The van der Waals surface area contributed by atoms with Crippen molar-refractivity contribution >= 4 is 23.2 Å². The van der Waals surface area contributed by atoms with Crippen LogP contribution in [0.1, 0.15) is 20.8 Å². The summed E-state index contributed by atoms with van der Waals surface area (Å²) in [6.45, 7) is 6.25. The van der Waals surface area contributed by atoms with Crippen LogP contribution in [0, 0.1) is 16.0 Å². The van der Waals surface area contributed by atoms with E-state index in [4.69, 9.17) is 0 Å². The van der Waals surface area contributed by atoms with E-state index in [1.807, 2.05) is 13.8 Å². The van der Waals surface area contributed by atoms with Crippen LogP contribution in [0.25, 0.3) is 0 Å². The van der Waals surface area contributed by atoms with Gasteiger partial charge in [-0.3, -0.25) is 14.9 Å². The third-order valence-electron chi connectivity index (χ3n) is 2.72. The fourth-order valence-corrected chi connectivity index (χ4v) is 1.57. The van der Waals surface area contributed by atoms with E-state index in [1.54, 1.807) is 14.0 Å². The highest BCUT2D eigenvalue weighted by atomic mass is 16.6. The number of hydrogen-bond donors (Lipinski definition) is 3. The predicted octanol–water partition coefficient (Wildman–Crippen LogP) is 1.60. The summed E-state index contributed by atoms with van der Waals surface area (Å²) in [6.07, 6.45) is 0. The van der Waals surface area contributed by atoms with Gasteiger partial charge in [0.25, 0.3) is 5.69 Å². The van der Waals surface area contributed by atoms with Gasteiger partial charge in [0.05, 0.1) is 17.1 Å². The molecule has 0 fully saturated rings. The minimum absolute atomic E-state index is 0.0911. The van der Waals surface area contributed by atoms with Gasteiger partial charge in [-0.25, -0.2) is 4.98 Å². The lowest BCUT2D eigenvalue weighted by atomic mass is 10.2. The lowest BCUT2D eigenvalue weighted by Gasteiger charge is -2.16. The highest BCUT2D eigenvalue weighted by molar-refractivity contribution is 5.84. The van der Waals surface area contributed by atoms with Crippen LogP contribution in [0.3, 0.4) is 0 Å². The van der Waals surface area contributed by atoms with Crippen LogP contribution in [0.15, 0.2) is 12.1 Å². The molecule has 8 heteroatoms. The molecule has 0 spiro atoms. The molecular weight excluding hydrogens is 274 g/mol. The summed E-state index contributed by atoms with van der Waals surface area (Å²) < 4.78 is 0. The number of carbonyl (C=O) groups excluding carboxylic acids is 1. The van der Waals surface area contributed by atoms with E-state index < -0.39 is 11.0 Å². The minimum Gasteiger partial charge on any atom is -0.373 e. The lowest BCUT2D eigenvalue weighted by molar-refractivity contribution is -0.384. The average Bonchev–Trinajstić information content (AvgIpc) is 2.43. The van der Waals surface area contributed by atoms with Gasteiger partial charge in [-0.2, -0.15) is 0 Å². The van der Waals surface area contributed by atoms with Crippen molar-refractivity contribution in [1.82, 2.24) is 10.3 Å². The third-order valence-corrected chi connectivity index (χ3v) is 2.72. The maximum Gasteiger partial charge on any atom is 0.276 e. The number of nitrogens with one attached hydrogen (secondary N) is 3. The van der Waals surface area contributed by atoms with E-state index in [0.717, 1.165) is 0 Å². The van der Waals surface area contributed by atoms with Crippen LogP contribution >= 0.6 is 0 Å². The summed E-state index contributed by atoms with van der Waals surface area (Å²) in [6, 6.07) is 2.09. The van der Waals surface area contributed by atoms with Crippen molar-refractivity contribution in [1.29, 1.82) is 0 Å². The highest BCUT2D eigenvalue weighted by Crippen LogP contribution is 2.20. The molecule has 0 bridgehead atoms. The standard InChI is InChI=1S/C13H21N5O3/c1-8(2)7-15-13(19)9(3)16-12-6-10(18(20)21)5-11(14-4)17-12/h5-6,8-9H,7H2,1-4H3,(H,15,19)(H2,14,16,17). The van der Waals surface area contributed by atoms with Gasteiger partial charge in [-0.15, -0.1) is 0 Å². The summed E-state index contributed by atoms with van der Waals surface area (Å²) in [5, 5.41) is 19.3. The number of aromatic nitrogens is 1. The Morgan fingerprint density at radius 3 is 2.48 bits per heavy atom. The Bertz CT molecular complexity index is 519. The first-order valence-electron chi connectivity index (χ1n) is 6.72. The Hall–Kier alpha value is -2.38. The van der Waals surface area contributed by atoms with Gasteiger partial charge in [0.15, 0.2) is 0 Å². The zero-order valence-corrected chi connectivity index (χ0v) is 12.6. The highest BCUT2D eigenvalue weighted by Gasteiger charge is 2.16. The van der Waals surface area contributed by atoms with Crippen molar-refractivity contribution in [2.45, 2.75) is 26.8 Å². The molecule has 1 aromatic rings. The first-order valence-corrected chi connectivity index (χ1v) is 6.72.